The van der Waals surface area contributed by atoms with Gasteiger partial charge >= 0.3 is 0 Å². The quantitative estimate of drug-likeness (QED) is 0.813. The molecule has 0 spiro atoms. The minimum atomic E-state index is -1.30. The van der Waals surface area contributed by atoms with Gasteiger partial charge in [0, 0.05) is 25.0 Å². The number of nitrogens with one attached hydrogen (secondary N) is 1. The van der Waals surface area contributed by atoms with Crippen LogP contribution < -0.4 is 4.90 Å². The summed E-state index contributed by atoms with van der Waals surface area (Å²) in [6, 6.07) is 19.4. The molecule has 24 heavy (non-hydrogen) atoms. The molecular weight excluding hydrogens is 294 g/mol. The summed E-state index contributed by atoms with van der Waals surface area (Å²) in [6.45, 7) is 10.6. The first-order chi connectivity index (χ1) is 11.4. The van der Waals surface area contributed by atoms with Crippen molar-refractivity contribution in [2.24, 2.45) is 0 Å². The largest absolute Gasteiger partial charge is 0.369 e. The molecule has 0 aliphatic carbocycles. The molecule has 126 valence electrons. The van der Waals surface area contributed by atoms with Crippen LogP contribution in [0, 0.1) is 11.8 Å². The van der Waals surface area contributed by atoms with Crippen LogP contribution in [-0.4, -0.2) is 23.7 Å². The van der Waals surface area contributed by atoms with Gasteiger partial charge in [-0.3, -0.25) is 0 Å². The highest BCUT2D eigenvalue weighted by atomic mass is 16.3. The van der Waals surface area contributed by atoms with Gasteiger partial charge in [-0.1, -0.05) is 66.6 Å². The smallest absolute Gasteiger partial charge is 0.177 e. The fourth-order valence-corrected chi connectivity index (χ4v) is 3.14. The van der Waals surface area contributed by atoms with Crippen LogP contribution in [0.3, 0.4) is 0 Å². The second-order valence-corrected chi connectivity index (χ2v) is 6.63. The molecular formula is C22H28NO+. The van der Waals surface area contributed by atoms with Gasteiger partial charge in [0.2, 0.25) is 0 Å². The Hall–Kier alpha value is -2.08. The topological polar surface area (TPSA) is 24.7 Å². The fraction of sp³-hybridized carbons (Fsp3) is 0.364. The molecule has 0 aromatic heterocycles. The molecule has 2 nitrogen and oxygen atoms in total. The van der Waals surface area contributed by atoms with Crippen LogP contribution in [0.2, 0.25) is 0 Å². The lowest BCUT2D eigenvalue weighted by Crippen LogP contribution is -3.18. The van der Waals surface area contributed by atoms with Crippen LogP contribution in [0.5, 0.6) is 0 Å². The van der Waals surface area contributed by atoms with E-state index in [1.54, 1.807) is 0 Å². The van der Waals surface area contributed by atoms with Gasteiger partial charge in [-0.15, -0.1) is 0 Å². The van der Waals surface area contributed by atoms with E-state index < -0.39 is 5.60 Å². The third-order valence-electron chi connectivity index (χ3n) is 4.68. The van der Waals surface area contributed by atoms with Gasteiger partial charge in [-0.2, -0.15) is 0 Å². The maximum absolute atomic E-state index is 11.5. The summed E-state index contributed by atoms with van der Waals surface area (Å²) in [5.74, 6) is 6.56. The summed E-state index contributed by atoms with van der Waals surface area (Å²) in [5.41, 5.74) is 0.0797. The Kier molecular flexibility index (Phi) is 5.83. The van der Waals surface area contributed by atoms with E-state index in [1.165, 1.54) is 4.90 Å². The zero-order valence-corrected chi connectivity index (χ0v) is 15.1. The lowest BCUT2D eigenvalue weighted by molar-refractivity contribution is -0.935. The Balaban J connectivity index is 2.53. The van der Waals surface area contributed by atoms with E-state index in [0.717, 1.165) is 24.2 Å². The van der Waals surface area contributed by atoms with Crippen molar-refractivity contribution in [1.29, 1.82) is 0 Å². The standard InChI is InChI=1S/C22H27NO/c1-5-23(6-2)21(3,4)17-18-22(24,19-13-9-7-10-14-19)20-15-11-8-12-16-20/h7-16,24H,5-6H2,1-4H3/p+1. The Bertz CT molecular complexity index is 651. The predicted octanol–water partition coefficient (Wildman–Crippen LogP) is 2.63. The van der Waals surface area contributed by atoms with E-state index >= 15 is 0 Å². The molecule has 0 aliphatic heterocycles. The molecule has 2 rings (SSSR count). The van der Waals surface area contributed by atoms with Crippen molar-refractivity contribution in [3.8, 4) is 11.8 Å². The molecule has 2 N–H and O–H groups in total. The summed E-state index contributed by atoms with van der Waals surface area (Å²) in [5, 5.41) is 11.5. The van der Waals surface area contributed by atoms with Gasteiger partial charge in [0.15, 0.2) is 11.1 Å². The molecule has 0 unspecified atom stereocenters. The van der Waals surface area contributed by atoms with Crippen molar-refractivity contribution in [3.05, 3.63) is 71.8 Å². The van der Waals surface area contributed by atoms with Crippen molar-refractivity contribution in [2.45, 2.75) is 38.8 Å². The molecule has 0 radical (unpaired) electrons. The summed E-state index contributed by atoms with van der Waals surface area (Å²) < 4.78 is 0. The molecule has 2 heteroatoms. The molecule has 0 heterocycles. The van der Waals surface area contributed by atoms with E-state index in [4.69, 9.17) is 0 Å². The molecule has 2 aromatic carbocycles. The van der Waals surface area contributed by atoms with Crippen molar-refractivity contribution in [3.63, 3.8) is 0 Å². The van der Waals surface area contributed by atoms with Gasteiger partial charge < -0.3 is 10.0 Å². The molecule has 0 saturated carbocycles. The normalized spacial score (nSPS) is 11.9. The Morgan fingerprint density at radius 1 is 0.792 bits per heavy atom. The van der Waals surface area contributed by atoms with E-state index in [0.29, 0.717) is 0 Å². The molecule has 2 aromatic rings. The molecule has 0 bridgehead atoms. The van der Waals surface area contributed by atoms with Crippen LogP contribution >= 0.6 is 0 Å². The van der Waals surface area contributed by atoms with E-state index in [-0.39, 0.29) is 5.54 Å². The lowest BCUT2D eigenvalue weighted by atomic mass is 9.86. The third kappa shape index (κ3) is 3.87. The Morgan fingerprint density at radius 2 is 1.21 bits per heavy atom. The van der Waals surface area contributed by atoms with E-state index in [2.05, 4.69) is 39.5 Å². The molecule has 0 fully saturated rings. The Morgan fingerprint density at radius 3 is 1.58 bits per heavy atom. The fourth-order valence-electron chi connectivity index (χ4n) is 3.14. The first-order valence-corrected chi connectivity index (χ1v) is 8.67. The summed E-state index contributed by atoms with van der Waals surface area (Å²) in [7, 11) is 0. The van der Waals surface area contributed by atoms with E-state index in [9.17, 15) is 5.11 Å². The van der Waals surface area contributed by atoms with E-state index in [1.807, 2.05) is 60.7 Å². The first-order valence-electron chi connectivity index (χ1n) is 8.67. The van der Waals surface area contributed by atoms with Crippen LogP contribution in [0.1, 0.15) is 38.8 Å². The summed E-state index contributed by atoms with van der Waals surface area (Å²) in [6.07, 6.45) is 0. The summed E-state index contributed by atoms with van der Waals surface area (Å²) >= 11 is 0. The second-order valence-electron chi connectivity index (χ2n) is 6.63. The predicted molar refractivity (Wildman–Crippen MR) is 99.8 cm³/mol. The van der Waals surface area contributed by atoms with Gasteiger partial charge in [0.05, 0.1) is 13.1 Å². The number of rotatable bonds is 5. The maximum atomic E-state index is 11.5. The van der Waals surface area contributed by atoms with Gasteiger partial charge in [0.25, 0.3) is 0 Å². The highest BCUT2D eigenvalue weighted by Crippen LogP contribution is 2.28. The number of aliphatic hydroxyl groups is 1. The van der Waals surface area contributed by atoms with Crippen LogP contribution in [0.15, 0.2) is 60.7 Å². The molecule has 0 amide bonds. The van der Waals surface area contributed by atoms with Crippen molar-refractivity contribution >= 4 is 0 Å². The highest BCUT2D eigenvalue weighted by molar-refractivity contribution is 5.44. The minimum Gasteiger partial charge on any atom is -0.369 e. The zero-order chi connectivity index (χ0) is 17.6. The van der Waals surface area contributed by atoms with Gasteiger partial charge in [0.1, 0.15) is 0 Å². The molecule has 0 atom stereocenters. The molecule has 0 saturated heterocycles. The SMILES string of the molecule is CC[NH+](CC)C(C)(C)C#CC(O)(c1ccccc1)c1ccccc1. The van der Waals surface area contributed by atoms with Crippen LogP contribution in [0.25, 0.3) is 0 Å². The van der Waals surface area contributed by atoms with Crippen molar-refractivity contribution in [2.75, 3.05) is 13.1 Å². The highest BCUT2D eigenvalue weighted by Gasteiger charge is 2.32. The van der Waals surface area contributed by atoms with Crippen LogP contribution in [-0.2, 0) is 5.60 Å². The Labute approximate surface area is 146 Å². The summed E-state index contributed by atoms with van der Waals surface area (Å²) in [4.78, 5) is 1.40. The van der Waals surface area contributed by atoms with Crippen molar-refractivity contribution in [1.82, 2.24) is 0 Å². The van der Waals surface area contributed by atoms with Crippen LogP contribution in [0.4, 0.5) is 0 Å². The number of hydrogen-bond donors (Lipinski definition) is 2. The number of benzene rings is 2. The lowest BCUT2D eigenvalue weighted by Gasteiger charge is -2.30. The minimum absolute atomic E-state index is 0.221. The average molecular weight is 322 g/mol. The second kappa shape index (κ2) is 7.66. The number of hydrogen-bond acceptors (Lipinski definition) is 1. The third-order valence-corrected chi connectivity index (χ3v) is 4.68. The molecule has 0 aliphatic rings. The zero-order valence-electron chi connectivity index (χ0n) is 15.1. The van der Waals surface area contributed by atoms with Crippen molar-refractivity contribution < 1.29 is 10.0 Å². The van der Waals surface area contributed by atoms with Gasteiger partial charge in [-0.25, -0.2) is 0 Å². The maximum Gasteiger partial charge on any atom is 0.177 e. The first kappa shape index (κ1) is 18.3. The monoisotopic (exact) mass is 322 g/mol. The average Bonchev–Trinajstić information content (AvgIpc) is 2.62. The number of quaternary nitrogens is 1. The van der Waals surface area contributed by atoms with Gasteiger partial charge in [-0.05, 0) is 19.8 Å².